The summed E-state index contributed by atoms with van der Waals surface area (Å²) in [5, 5.41) is -0.641. The van der Waals surface area contributed by atoms with Gasteiger partial charge in [-0.3, -0.25) is 0 Å². The number of benzene rings is 2. The van der Waals surface area contributed by atoms with Crippen molar-refractivity contribution < 1.29 is 35.1 Å². The molecule has 0 aromatic heterocycles. The predicted molar refractivity (Wildman–Crippen MR) is 66.8 cm³/mol. The van der Waals surface area contributed by atoms with Gasteiger partial charge in [0.25, 0.3) is 0 Å². The van der Waals surface area contributed by atoms with E-state index in [4.69, 9.17) is 11.6 Å². The molecule has 23 heavy (non-hydrogen) atoms. The van der Waals surface area contributed by atoms with Gasteiger partial charge in [-0.25, -0.2) is 8.78 Å². The van der Waals surface area contributed by atoms with Crippen molar-refractivity contribution >= 4 is 11.6 Å². The summed E-state index contributed by atoms with van der Waals surface area (Å²) in [5.41, 5.74) is -5.43. The van der Waals surface area contributed by atoms with E-state index < -0.39 is 51.3 Å². The van der Waals surface area contributed by atoms with Gasteiger partial charge in [0.1, 0.15) is 11.6 Å². The molecule has 124 valence electrons. The van der Waals surface area contributed by atoms with Gasteiger partial charge in [0.05, 0.1) is 16.7 Å². The van der Waals surface area contributed by atoms with Crippen LogP contribution in [0.15, 0.2) is 30.3 Å². The minimum Gasteiger partial charge on any atom is -0.206 e. The molecule has 0 spiro atoms. The summed E-state index contributed by atoms with van der Waals surface area (Å²) < 4.78 is 104. The maximum absolute atomic E-state index is 13.9. The fourth-order valence-electron chi connectivity index (χ4n) is 1.99. The average Bonchev–Trinajstić information content (AvgIpc) is 2.37. The Bertz CT molecular complexity index is 722. The topological polar surface area (TPSA) is 0 Å². The maximum atomic E-state index is 13.9. The standard InChI is InChI=1S/C14H5ClF8/c15-8-3-1-2-7(14(21,22)23)11(8)12-9(16)4-6(5-10(12)17)13(18,19)20/h1-5H. The van der Waals surface area contributed by atoms with Crippen LogP contribution in [0.4, 0.5) is 35.1 Å². The summed E-state index contributed by atoms with van der Waals surface area (Å²) in [5.74, 6) is -3.59. The van der Waals surface area contributed by atoms with E-state index in [9.17, 15) is 35.1 Å². The fourth-order valence-corrected chi connectivity index (χ4v) is 2.26. The van der Waals surface area contributed by atoms with Gasteiger partial charge >= 0.3 is 12.4 Å². The summed E-state index contributed by atoms with van der Waals surface area (Å²) in [7, 11) is 0. The maximum Gasteiger partial charge on any atom is 0.417 e. The highest BCUT2D eigenvalue weighted by molar-refractivity contribution is 6.33. The molecule has 0 aliphatic rings. The quantitative estimate of drug-likeness (QED) is 0.522. The lowest BCUT2D eigenvalue weighted by molar-refractivity contribution is -0.138. The fraction of sp³-hybridized carbons (Fsp3) is 0.143. The first-order valence-electron chi connectivity index (χ1n) is 5.85. The molecule has 0 heterocycles. The van der Waals surface area contributed by atoms with Crippen molar-refractivity contribution in [1.29, 1.82) is 0 Å². The largest absolute Gasteiger partial charge is 0.417 e. The molecule has 0 N–H and O–H groups in total. The Morgan fingerprint density at radius 1 is 0.739 bits per heavy atom. The van der Waals surface area contributed by atoms with Crippen LogP contribution in [0.1, 0.15) is 11.1 Å². The Labute approximate surface area is 129 Å². The normalized spacial score (nSPS) is 12.6. The van der Waals surface area contributed by atoms with Gasteiger partial charge in [-0.05, 0) is 24.3 Å². The summed E-state index contributed by atoms with van der Waals surface area (Å²) in [4.78, 5) is 0. The van der Waals surface area contributed by atoms with E-state index in [2.05, 4.69) is 0 Å². The molecule has 0 atom stereocenters. The van der Waals surface area contributed by atoms with Crippen LogP contribution in [-0.2, 0) is 12.4 Å². The minimum atomic E-state index is -5.05. The van der Waals surface area contributed by atoms with E-state index in [1.165, 1.54) is 0 Å². The molecular weight excluding hydrogens is 356 g/mol. The second-order valence-electron chi connectivity index (χ2n) is 4.47. The SMILES string of the molecule is Fc1cc(C(F)(F)F)cc(F)c1-c1c(Cl)cccc1C(F)(F)F. The van der Waals surface area contributed by atoms with Gasteiger partial charge in [0.2, 0.25) is 0 Å². The number of halogens is 9. The Morgan fingerprint density at radius 3 is 1.70 bits per heavy atom. The summed E-state index contributed by atoms with van der Waals surface area (Å²) in [6, 6.07) is 2.22. The lowest BCUT2D eigenvalue weighted by atomic mass is 9.96. The van der Waals surface area contributed by atoms with Crippen molar-refractivity contribution in [3.05, 3.63) is 58.1 Å². The van der Waals surface area contributed by atoms with Gasteiger partial charge in [0.15, 0.2) is 0 Å². The molecule has 9 heteroatoms. The third-order valence-electron chi connectivity index (χ3n) is 2.94. The van der Waals surface area contributed by atoms with Crippen LogP contribution in [0.25, 0.3) is 11.1 Å². The lowest BCUT2D eigenvalue weighted by Gasteiger charge is -2.17. The van der Waals surface area contributed by atoms with Crippen molar-refractivity contribution in [2.24, 2.45) is 0 Å². The molecule has 0 amide bonds. The predicted octanol–water partition coefficient (Wildman–Crippen LogP) is 6.32. The summed E-state index contributed by atoms with van der Waals surface area (Å²) >= 11 is 5.59. The molecule has 0 nitrogen and oxygen atoms in total. The highest BCUT2D eigenvalue weighted by Crippen LogP contribution is 2.43. The molecule has 0 aliphatic carbocycles. The summed E-state index contributed by atoms with van der Waals surface area (Å²) in [6.45, 7) is 0. The van der Waals surface area contributed by atoms with Gasteiger partial charge in [-0.2, -0.15) is 26.3 Å². The van der Waals surface area contributed by atoms with Crippen LogP contribution in [0, 0.1) is 11.6 Å². The van der Waals surface area contributed by atoms with Crippen molar-refractivity contribution in [1.82, 2.24) is 0 Å². The number of hydrogen-bond acceptors (Lipinski definition) is 0. The zero-order chi connectivity index (χ0) is 17.6. The number of alkyl halides is 6. The Morgan fingerprint density at radius 2 is 1.26 bits per heavy atom. The third kappa shape index (κ3) is 3.41. The van der Waals surface area contributed by atoms with Gasteiger partial charge in [-0.15, -0.1) is 0 Å². The molecule has 0 saturated heterocycles. The average molecular weight is 361 g/mol. The molecule has 0 fully saturated rings. The van der Waals surface area contributed by atoms with E-state index in [1.54, 1.807) is 0 Å². The van der Waals surface area contributed by atoms with Crippen molar-refractivity contribution in [2.75, 3.05) is 0 Å². The van der Waals surface area contributed by atoms with Crippen LogP contribution < -0.4 is 0 Å². The van der Waals surface area contributed by atoms with Crippen molar-refractivity contribution in [2.45, 2.75) is 12.4 Å². The van der Waals surface area contributed by atoms with Crippen LogP contribution in [0.2, 0.25) is 5.02 Å². The highest BCUT2D eigenvalue weighted by Gasteiger charge is 2.37. The van der Waals surface area contributed by atoms with Crippen LogP contribution in [-0.4, -0.2) is 0 Å². The Kier molecular flexibility index (Phi) is 4.32. The van der Waals surface area contributed by atoms with E-state index in [0.29, 0.717) is 6.07 Å². The van der Waals surface area contributed by atoms with Gasteiger partial charge in [-0.1, -0.05) is 17.7 Å². The first kappa shape index (κ1) is 17.5. The monoisotopic (exact) mass is 360 g/mol. The molecule has 0 aliphatic heterocycles. The molecular formula is C14H5ClF8. The van der Waals surface area contributed by atoms with Crippen LogP contribution in [0.5, 0.6) is 0 Å². The summed E-state index contributed by atoms with van der Waals surface area (Å²) in [6.07, 6.45) is -10.0. The van der Waals surface area contributed by atoms with E-state index in [1.807, 2.05) is 0 Å². The number of hydrogen-bond donors (Lipinski definition) is 0. The van der Waals surface area contributed by atoms with Crippen LogP contribution >= 0.6 is 11.6 Å². The molecule has 2 aromatic carbocycles. The third-order valence-corrected chi connectivity index (χ3v) is 3.25. The Balaban J connectivity index is 2.79. The lowest BCUT2D eigenvalue weighted by Crippen LogP contribution is -2.11. The van der Waals surface area contributed by atoms with E-state index in [0.717, 1.165) is 12.1 Å². The molecule has 0 bridgehead atoms. The zero-order valence-electron chi connectivity index (χ0n) is 10.8. The van der Waals surface area contributed by atoms with Crippen molar-refractivity contribution in [3.8, 4) is 11.1 Å². The molecule has 2 rings (SSSR count). The zero-order valence-corrected chi connectivity index (χ0v) is 11.5. The van der Waals surface area contributed by atoms with Crippen molar-refractivity contribution in [3.63, 3.8) is 0 Å². The number of rotatable bonds is 1. The first-order chi connectivity index (χ1) is 10.4. The minimum absolute atomic E-state index is 0.0815. The molecule has 0 unspecified atom stereocenters. The van der Waals surface area contributed by atoms with Gasteiger partial charge in [0, 0.05) is 10.6 Å². The smallest absolute Gasteiger partial charge is 0.206 e. The first-order valence-corrected chi connectivity index (χ1v) is 6.23. The molecule has 0 saturated carbocycles. The van der Waals surface area contributed by atoms with Crippen LogP contribution in [0.3, 0.4) is 0 Å². The van der Waals surface area contributed by atoms with E-state index in [-0.39, 0.29) is 12.1 Å². The Hall–Kier alpha value is -1.83. The highest BCUT2D eigenvalue weighted by atomic mass is 35.5. The second kappa shape index (κ2) is 5.67. The molecule has 2 aromatic rings. The second-order valence-corrected chi connectivity index (χ2v) is 4.88. The van der Waals surface area contributed by atoms with Gasteiger partial charge < -0.3 is 0 Å². The molecule has 0 radical (unpaired) electrons. The van der Waals surface area contributed by atoms with E-state index >= 15 is 0 Å².